The van der Waals surface area contributed by atoms with Crippen molar-refractivity contribution in [3.8, 4) is 0 Å². The molecular formula is C21H19N5O3S. The van der Waals surface area contributed by atoms with Gasteiger partial charge in [-0.05, 0) is 54.5 Å². The van der Waals surface area contributed by atoms with Crippen LogP contribution in [-0.4, -0.2) is 29.3 Å². The summed E-state index contributed by atoms with van der Waals surface area (Å²) in [7, 11) is -3.84. The van der Waals surface area contributed by atoms with Crippen molar-refractivity contribution in [1.29, 1.82) is 0 Å². The summed E-state index contributed by atoms with van der Waals surface area (Å²) < 4.78 is 27.4. The van der Waals surface area contributed by atoms with Crippen LogP contribution < -0.4 is 10.0 Å². The molecule has 2 N–H and O–H groups in total. The number of carbonyl (C=O) groups is 1. The first-order chi connectivity index (χ1) is 14.4. The van der Waals surface area contributed by atoms with Gasteiger partial charge in [-0.25, -0.2) is 27.9 Å². The van der Waals surface area contributed by atoms with E-state index >= 15 is 0 Å². The van der Waals surface area contributed by atoms with Crippen molar-refractivity contribution >= 4 is 33.8 Å². The Hall–Kier alpha value is -3.72. The molecule has 0 radical (unpaired) electrons. The van der Waals surface area contributed by atoms with Gasteiger partial charge in [-0.15, -0.1) is 0 Å². The summed E-state index contributed by atoms with van der Waals surface area (Å²) in [6.07, 6.45) is 5.08. The Morgan fingerprint density at radius 3 is 2.60 bits per heavy atom. The van der Waals surface area contributed by atoms with Gasteiger partial charge in [-0.2, -0.15) is 0 Å². The third-order valence-corrected chi connectivity index (χ3v) is 5.87. The molecule has 0 atom stereocenters. The molecule has 4 rings (SSSR count). The van der Waals surface area contributed by atoms with Crippen LogP contribution in [0.25, 0.3) is 6.08 Å². The predicted octanol–water partition coefficient (Wildman–Crippen LogP) is 3.60. The van der Waals surface area contributed by atoms with Gasteiger partial charge in [0.2, 0.25) is 5.95 Å². The van der Waals surface area contributed by atoms with Crippen molar-refractivity contribution in [2.24, 2.45) is 0 Å². The van der Waals surface area contributed by atoms with Gasteiger partial charge in [0.15, 0.2) is 0 Å². The summed E-state index contributed by atoms with van der Waals surface area (Å²) >= 11 is 0. The topological polar surface area (TPSA) is 104 Å². The Morgan fingerprint density at radius 2 is 1.83 bits per heavy atom. The molecule has 8 nitrogen and oxygen atoms in total. The molecule has 0 aliphatic carbocycles. The molecule has 9 heteroatoms. The van der Waals surface area contributed by atoms with Gasteiger partial charge in [0.1, 0.15) is 0 Å². The molecule has 30 heavy (non-hydrogen) atoms. The molecule has 2 heterocycles. The molecule has 2 amide bonds. The van der Waals surface area contributed by atoms with Gasteiger partial charge in [0.25, 0.3) is 10.0 Å². The molecule has 0 saturated heterocycles. The van der Waals surface area contributed by atoms with Crippen LogP contribution in [0.15, 0.2) is 71.9 Å². The van der Waals surface area contributed by atoms with Crippen molar-refractivity contribution in [3.63, 3.8) is 0 Å². The maximum Gasteiger partial charge on any atom is 0.326 e. The molecule has 1 aromatic heterocycles. The first-order valence-electron chi connectivity index (χ1n) is 9.17. The lowest BCUT2D eigenvalue weighted by Crippen LogP contribution is -2.31. The van der Waals surface area contributed by atoms with Gasteiger partial charge in [-0.1, -0.05) is 24.3 Å². The van der Waals surface area contributed by atoms with Crippen molar-refractivity contribution in [1.82, 2.24) is 14.9 Å². The second-order valence-electron chi connectivity index (χ2n) is 6.72. The number of fused-ring (bicyclic) bond motifs is 1. The van der Waals surface area contributed by atoms with Crippen LogP contribution >= 0.6 is 0 Å². The van der Waals surface area contributed by atoms with E-state index in [0.717, 1.165) is 11.1 Å². The lowest BCUT2D eigenvalue weighted by atomic mass is 10.0. The van der Waals surface area contributed by atoms with Crippen LogP contribution in [0.5, 0.6) is 0 Å². The second-order valence-corrected chi connectivity index (χ2v) is 8.41. The first kappa shape index (κ1) is 19.6. The van der Waals surface area contributed by atoms with E-state index in [1.807, 2.05) is 30.3 Å². The zero-order valence-corrected chi connectivity index (χ0v) is 16.9. The zero-order valence-electron chi connectivity index (χ0n) is 16.1. The molecule has 0 fully saturated rings. The van der Waals surface area contributed by atoms with E-state index in [4.69, 9.17) is 0 Å². The highest BCUT2D eigenvalue weighted by Crippen LogP contribution is 2.21. The van der Waals surface area contributed by atoms with Gasteiger partial charge >= 0.3 is 6.03 Å². The Labute approximate surface area is 174 Å². The summed E-state index contributed by atoms with van der Waals surface area (Å²) in [4.78, 5) is 22.1. The quantitative estimate of drug-likeness (QED) is 0.670. The van der Waals surface area contributed by atoms with E-state index in [0.29, 0.717) is 17.9 Å². The van der Waals surface area contributed by atoms with Crippen LogP contribution in [0.1, 0.15) is 16.8 Å². The standard InChI is InChI=1S/C21H19N5O3S/c1-15-10-12-22-20(23-15)25-30(28,29)19-8-6-18(7-9-19)24-21(27)26-13-11-16-4-2-3-5-17(16)14-26/h2-13H,14H2,1H3,(H,24,27)(H,22,23,25). The zero-order chi connectivity index (χ0) is 21.1. The van der Waals surface area contributed by atoms with Crippen LogP contribution in [0.2, 0.25) is 0 Å². The summed E-state index contributed by atoms with van der Waals surface area (Å²) in [6.45, 7) is 2.21. The maximum atomic E-state index is 12.5. The van der Waals surface area contributed by atoms with Crippen molar-refractivity contribution in [3.05, 3.63) is 83.8 Å². The highest BCUT2D eigenvalue weighted by molar-refractivity contribution is 7.92. The summed E-state index contributed by atoms with van der Waals surface area (Å²) in [6, 6.07) is 15.1. The molecule has 1 aliphatic rings. The highest BCUT2D eigenvalue weighted by atomic mass is 32.2. The van der Waals surface area contributed by atoms with E-state index in [1.54, 1.807) is 24.1 Å². The smallest absolute Gasteiger partial charge is 0.308 e. The normalized spacial score (nSPS) is 12.9. The lowest BCUT2D eigenvalue weighted by Gasteiger charge is -2.23. The number of hydrogen-bond acceptors (Lipinski definition) is 5. The predicted molar refractivity (Wildman–Crippen MR) is 114 cm³/mol. The number of carbonyl (C=O) groups excluding carboxylic acids is 1. The molecule has 3 aromatic rings. The minimum absolute atomic E-state index is 0.00421. The van der Waals surface area contributed by atoms with Crippen molar-refractivity contribution < 1.29 is 13.2 Å². The number of rotatable bonds is 4. The number of amides is 2. The third-order valence-electron chi connectivity index (χ3n) is 4.53. The van der Waals surface area contributed by atoms with Crippen LogP contribution in [-0.2, 0) is 16.6 Å². The Kier molecular flexibility index (Phi) is 5.20. The SMILES string of the molecule is Cc1ccnc(NS(=O)(=O)c2ccc(NC(=O)N3C=Cc4ccccc4C3)cc2)n1. The molecule has 2 aromatic carbocycles. The number of urea groups is 1. The summed E-state index contributed by atoms with van der Waals surface area (Å²) in [5.41, 5.74) is 3.27. The summed E-state index contributed by atoms with van der Waals surface area (Å²) in [5, 5.41) is 2.77. The molecule has 152 valence electrons. The van der Waals surface area contributed by atoms with Crippen LogP contribution in [0.4, 0.5) is 16.4 Å². The Bertz CT molecular complexity index is 1220. The van der Waals surface area contributed by atoms with E-state index in [2.05, 4.69) is 20.0 Å². The van der Waals surface area contributed by atoms with E-state index in [-0.39, 0.29) is 16.9 Å². The van der Waals surface area contributed by atoms with Gasteiger partial charge in [0, 0.05) is 23.8 Å². The monoisotopic (exact) mass is 421 g/mol. The minimum atomic E-state index is -3.84. The third kappa shape index (κ3) is 4.31. The fourth-order valence-corrected chi connectivity index (χ4v) is 3.93. The number of aryl methyl sites for hydroxylation is 1. The van der Waals surface area contributed by atoms with Gasteiger partial charge < -0.3 is 5.32 Å². The fraction of sp³-hybridized carbons (Fsp3) is 0.0952. The molecule has 0 bridgehead atoms. The fourth-order valence-electron chi connectivity index (χ4n) is 2.98. The van der Waals surface area contributed by atoms with E-state index in [1.165, 1.54) is 30.5 Å². The van der Waals surface area contributed by atoms with Crippen molar-refractivity contribution in [2.75, 3.05) is 10.0 Å². The highest BCUT2D eigenvalue weighted by Gasteiger charge is 2.18. The number of nitrogens with one attached hydrogen (secondary N) is 2. The average molecular weight is 421 g/mol. The molecular weight excluding hydrogens is 402 g/mol. The Morgan fingerprint density at radius 1 is 1.07 bits per heavy atom. The van der Waals surface area contributed by atoms with Crippen LogP contribution in [0.3, 0.4) is 0 Å². The van der Waals surface area contributed by atoms with Gasteiger partial charge in [-0.3, -0.25) is 4.90 Å². The second kappa shape index (κ2) is 7.96. The number of benzene rings is 2. The largest absolute Gasteiger partial charge is 0.326 e. The maximum absolute atomic E-state index is 12.5. The lowest BCUT2D eigenvalue weighted by molar-refractivity contribution is 0.227. The minimum Gasteiger partial charge on any atom is -0.308 e. The number of anilines is 2. The molecule has 0 spiro atoms. The van der Waals surface area contributed by atoms with Crippen molar-refractivity contribution in [2.45, 2.75) is 18.4 Å². The average Bonchev–Trinajstić information content (AvgIpc) is 2.73. The first-order valence-corrected chi connectivity index (χ1v) is 10.7. The van der Waals surface area contributed by atoms with Gasteiger partial charge in [0.05, 0.1) is 11.4 Å². The number of nitrogens with zero attached hydrogens (tertiary/aromatic N) is 3. The molecule has 0 unspecified atom stereocenters. The number of sulfonamides is 1. The van der Waals surface area contributed by atoms with Crippen LogP contribution in [0, 0.1) is 6.92 Å². The molecule has 1 aliphatic heterocycles. The Balaban J connectivity index is 1.43. The number of aromatic nitrogens is 2. The van der Waals surface area contributed by atoms with E-state index in [9.17, 15) is 13.2 Å². The summed E-state index contributed by atoms with van der Waals surface area (Å²) in [5.74, 6) is 0.00421. The molecule has 0 saturated carbocycles. The van der Waals surface area contributed by atoms with E-state index < -0.39 is 10.0 Å². The number of hydrogen-bond donors (Lipinski definition) is 2.